The Morgan fingerprint density at radius 1 is 1.62 bits per heavy atom. The van der Waals surface area contributed by atoms with Crippen molar-refractivity contribution >= 4 is 18.3 Å². The minimum absolute atomic E-state index is 0. The first-order chi connectivity index (χ1) is 6.94. The number of halogens is 1. The molecule has 1 rings (SSSR count). The van der Waals surface area contributed by atoms with Gasteiger partial charge in [-0.1, -0.05) is 0 Å². The quantitative estimate of drug-likeness (QED) is 0.641. The largest absolute Gasteiger partial charge is 0.392 e. The van der Waals surface area contributed by atoms with Crippen LogP contribution in [0.3, 0.4) is 0 Å². The molecule has 3 N–H and O–H groups in total. The molecule has 0 unspecified atom stereocenters. The van der Waals surface area contributed by atoms with Crippen molar-refractivity contribution in [3.63, 3.8) is 0 Å². The highest BCUT2D eigenvalue weighted by atomic mass is 35.5. The molecule has 1 aliphatic rings. The monoisotopic (exact) mass is 252 g/mol. The van der Waals surface area contributed by atoms with Crippen LogP contribution in [0.1, 0.15) is 20.3 Å². The van der Waals surface area contributed by atoms with Gasteiger partial charge in [0.25, 0.3) is 0 Å². The number of nitrogens with one attached hydrogen (secondary N) is 2. The topological polar surface area (TPSA) is 70.6 Å². The van der Waals surface area contributed by atoms with Crippen molar-refractivity contribution in [2.75, 3.05) is 20.2 Å². The molecule has 1 aliphatic heterocycles. The summed E-state index contributed by atoms with van der Waals surface area (Å²) >= 11 is 0. The van der Waals surface area contributed by atoms with Gasteiger partial charge in [0.2, 0.25) is 5.91 Å². The number of carbonyl (C=O) groups is 1. The molecule has 1 heterocycles. The Bertz CT molecular complexity index is 236. The van der Waals surface area contributed by atoms with Crippen LogP contribution in [0.5, 0.6) is 0 Å². The summed E-state index contributed by atoms with van der Waals surface area (Å²) in [4.78, 5) is 11.6. The third-order valence-electron chi connectivity index (χ3n) is 2.67. The summed E-state index contributed by atoms with van der Waals surface area (Å²) < 4.78 is 5.19. The second-order valence-corrected chi connectivity index (χ2v) is 4.53. The highest BCUT2D eigenvalue weighted by molar-refractivity contribution is 5.85. The first-order valence-corrected chi connectivity index (χ1v) is 5.19. The maximum Gasteiger partial charge on any atom is 0.237 e. The summed E-state index contributed by atoms with van der Waals surface area (Å²) in [5, 5.41) is 15.0. The number of methoxy groups -OCH3 is 1. The van der Waals surface area contributed by atoms with Gasteiger partial charge >= 0.3 is 0 Å². The average Bonchev–Trinajstić information content (AvgIpc) is 2.61. The van der Waals surface area contributed by atoms with Crippen LogP contribution in [-0.2, 0) is 9.53 Å². The fraction of sp³-hybridized carbons (Fsp3) is 0.900. The molecule has 0 aromatic heterocycles. The highest BCUT2D eigenvalue weighted by Crippen LogP contribution is 2.08. The average molecular weight is 253 g/mol. The molecule has 0 saturated carbocycles. The maximum absolute atomic E-state index is 11.6. The van der Waals surface area contributed by atoms with Crippen molar-refractivity contribution in [3.05, 3.63) is 0 Å². The van der Waals surface area contributed by atoms with Gasteiger partial charge in [-0.15, -0.1) is 12.4 Å². The van der Waals surface area contributed by atoms with Gasteiger partial charge in [0.05, 0.1) is 17.7 Å². The molecule has 96 valence electrons. The number of aliphatic hydroxyl groups excluding tert-OH is 1. The van der Waals surface area contributed by atoms with Crippen LogP contribution in [0.4, 0.5) is 0 Å². The van der Waals surface area contributed by atoms with Crippen LogP contribution in [0, 0.1) is 0 Å². The van der Waals surface area contributed by atoms with Crippen molar-refractivity contribution in [1.82, 2.24) is 10.6 Å². The Balaban J connectivity index is 0.00000225. The van der Waals surface area contributed by atoms with Crippen LogP contribution >= 0.6 is 12.4 Å². The third-order valence-corrected chi connectivity index (χ3v) is 2.67. The minimum Gasteiger partial charge on any atom is -0.392 e. The number of hydrogen-bond acceptors (Lipinski definition) is 4. The van der Waals surface area contributed by atoms with Crippen molar-refractivity contribution in [3.8, 4) is 0 Å². The second kappa shape index (κ2) is 6.39. The molecule has 0 aliphatic carbocycles. The van der Waals surface area contributed by atoms with Crippen LogP contribution < -0.4 is 10.6 Å². The van der Waals surface area contributed by atoms with Gasteiger partial charge in [0.1, 0.15) is 0 Å². The number of hydrogen-bond donors (Lipinski definition) is 3. The molecule has 0 aromatic carbocycles. The van der Waals surface area contributed by atoms with E-state index in [4.69, 9.17) is 4.74 Å². The smallest absolute Gasteiger partial charge is 0.237 e. The van der Waals surface area contributed by atoms with Crippen molar-refractivity contribution < 1.29 is 14.6 Å². The van der Waals surface area contributed by atoms with E-state index in [2.05, 4.69) is 10.6 Å². The molecular weight excluding hydrogens is 232 g/mol. The molecule has 1 amide bonds. The molecular formula is C10H21ClN2O3. The van der Waals surface area contributed by atoms with Crippen molar-refractivity contribution in [1.29, 1.82) is 0 Å². The lowest BCUT2D eigenvalue weighted by molar-refractivity contribution is -0.124. The Morgan fingerprint density at radius 2 is 2.25 bits per heavy atom. The minimum atomic E-state index is -0.406. The molecule has 1 saturated heterocycles. The molecule has 0 aromatic rings. The SMILES string of the molecule is COC(C)(C)CNC(=O)[C@H]1C[C@@H](O)CN1.Cl. The summed E-state index contributed by atoms with van der Waals surface area (Å²) in [6, 6.07) is -0.271. The van der Waals surface area contributed by atoms with E-state index in [9.17, 15) is 9.90 Å². The number of β-amino-alcohol motifs (C(OH)–C–C–N with tert-alkyl or cyclic N) is 1. The number of carbonyl (C=O) groups excluding carboxylic acids is 1. The summed E-state index contributed by atoms with van der Waals surface area (Å²) in [6.07, 6.45) is 0.0791. The van der Waals surface area contributed by atoms with E-state index in [1.54, 1.807) is 7.11 Å². The molecule has 0 spiro atoms. The van der Waals surface area contributed by atoms with E-state index >= 15 is 0 Å². The molecule has 1 fully saturated rings. The van der Waals surface area contributed by atoms with E-state index in [0.29, 0.717) is 19.5 Å². The van der Waals surface area contributed by atoms with Gasteiger partial charge in [0, 0.05) is 20.2 Å². The fourth-order valence-corrected chi connectivity index (χ4v) is 1.41. The Hall–Kier alpha value is -0.360. The normalized spacial score (nSPS) is 25.0. The second-order valence-electron chi connectivity index (χ2n) is 4.53. The van der Waals surface area contributed by atoms with Crippen LogP contribution in [0.15, 0.2) is 0 Å². The fourth-order valence-electron chi connectivity index (χ4n) is 1.41. The predicted molar refractivity (Wildman–Crippen MR) is 63.8 cm³/mol. The standard InChI is InChI=1S/C10H20N2O3.ClH/c1-10(2,15-3)6-12-9(14)8-4-7(13)5-11-8;/h7-8,11,13H,4-6H2,1-3H3,(H,12,14);1H/t7-,8-;/m1./s1. The number of amides is 1. The highest BCUT2D eigenvalue weighted by Gasteiger charge is 2.29. The summed E-state index contributed by atoms with van der Waals surface area (Å²) in [7, 11) is 1.61. The molecule has 6 heteroatoms. The first-order valence-electron chi connectivity index (χ1n) is 5.19. The lowest BCUT2D eigenvalue weighted by atomic mass is 10.1. The maximum atomic E-state index is 11.6. The zero-order valence-corrected chi connectivity index (χ0v) is 10.8. The van der Waals surface area contributed by atoms with Gasteiger partial charge in [-0.25, -0.2) is 0 Å². The van der Waals surface area contributed by atoms with Crippen LogP contribution in [0.25, 0.3) is 0 Å². The molecule has 2 atom stereocenters. The van der Waals surface area contributed by atoms with Gasteiger partial charge in [-0.05, 0) is 20.3 Å². The van der Waals surface area contributed by atoms with Gasteiger partial charge in [-0.2, -0.15) is 0 Å². The molecule has 0 radical (unpaired) electrons. The number of rotatable bonds is 4. The van der Waals surface area contributed by atoms with E-state index in [-0.39, 0.29) is 30.0 Å². The van der Waals surface area contributed by atoms with Gasteiger partial charge in [0.15, 0.2) is 0 Å². The molecule has 5 nitrogen and oxygen atoms in total. The lowest BCUT2D eigenvalue weighted by Crippen LogP contribution is -2.46. The van der Waals surface area contributed by atoms with Crippen molar-refractivity contribution in [2.45, 2.75) is 38.0 Å². The van der Waals surface area contributed by atoms with Gasteiger partial charge in [-0.3, -0.25) is 4.79 Å². The van der Waals surface area contributed by atoms with Gasteiger partial charge < -0.3 is 20.5 Å². The van der Waals surface area contributed by atoms with E-state index in [1.807, 2.05) is 13.8 Å². The summed E-state index contributed by atoms with van der Waals surface area (Å²) in [6.45, 7) is 4.77. The summed E-state index contributed by atoms with van der Waals surface area (Å²) in [5.41, 5.74) is -0.354. The van der Waals surface area contributed by atoms with E-state index < -0.39 is 6.10 Å². The lowest BCUT2D eigenvalue weighted by Gasteiger charge is -2.24. The first kappa shape index (κ1) is 15.6. The molecule has 16 heavy (non-hydrogen) atoms. The molecule has 0 bridgehead atoms. The third kappa shape index (κ3) is 4.65. The van der Waals surface area contributed by atoms with Crippen LogP contribution in [0.2, 0.25) is 0 Å². The van der Waals surface area contributed by atoms with E-state index in [0.717, 1.165) is 0 Å². The van der Waals surface area contributed by atoms with E-state index in [1.165, 1.54) is 0 Å². The number of aliphatic hydroxyl groups is 1. The zero-order chi connectivity index (χ0) is 11.5. The zero-order valence-electron chi connectivity index (χ0n) is 9.95. The predicted octanol–water partition coefficient (Wildman–Crippen LogP) is -0.328. The van der Waals surface area contributed by atoms with Crippen molar-refractivity contribution in [2.24, 2.45) is 0 Å². The summed E-state index contributed by atoms with van der Waals surface area (Å²) in [5.74, 6) is -0.0725. The number of ether oxygens (including phenoxy) is 1. The van der Waals surface area contributed by atoms with Crippen LogP contribution in [-0.4, -0.2) is 49.0 Å². The Kier molecular flexibility index (Phi) is 6.25. The Labute approximate surface area is 102 Å². The Morgan fingerprint density at radius 3 is 2.69 bits per heavy atom.